The van der Waals surface area contributed by atoms with E-state index in [1.165, 1.54) is 6.07 Å². The number of benzene rings is 3. The van der Waals surface area contributed by atoms with E-state index in [0.717, 1.165) is 24.0 Å². The van der Waals surface area contributed by atoms with Gasteiger partial charge in [0.1, 0.15) is 19.0 Å². The maximum atomic E-state index is 14.7. The van der Waals surface area contributed by atoms with Crippen LogP contribution in [0.1, 0.15) is 36.0 Å². The Balaban J connectivity index is 1.59. The number of rotatable bonds is 8. The summed E-state index contributed by atoms with van der Waals surface area (Å²) in [6.07, 6.45) is 4.03. The van der Waals surface area contributed by atoms with E-state index in [1.807, 2.05) is 66.7 Å². The molecule has 0 radical (unpaired) electrons. The number of allylic oxidation sites excluding steroid dienone is 2. The van der Waals surface area contributed by atoms with Gasteiger partial charge in [0.05, 0.1) is 0 Å². The van der Waals surface area contributed by atoms with E-state index in [-0.39, 0.29) is 19.0 Å². The van der Waals surface area contributed by atoms with Crippen molar-refractivity contribution < 1.29 is 23.5 Å². The van der Waals surface area contributed by atoms with Gasteiger partial charge in [0, 0.05) is 11.5 Å². The first-order chi connectivity index (χ1) is 16.6. The van der Waals surface area contributed by atoms with E-state index in [1.54, 1.807) is 18.2 Å². The second-order valence-corrected chi connectivity index (χ2v) is 8.34. The Kier molecular flexibility index (Phi) is 7.87. The highest BCUT2D eigenvalue weighted by Crippen LogP contribution is 2.39. The van der Waals surface area contributed by atoms with E-state index in [0.29, 0.717) is 17.6 Å². The highest BCUT2D eigenvalue weighted by molar-refractivity contribution is 5.97. The van der Waals surface area contributed by atoms with Gasteiger partial charge < -0.3 is 9.47 Å². The highest BCUT2D eigenvalue weighted by Gasteiger charge is 2.41. The predicted molar refractivity (Wildman–Crippen MR) is 128 cm³/mol. The Bertz CT molecular complexity index is 1090. The third-order valence-electron chi connectivity index (χ3n) is 6.03. The van der Waals surface area contributed by atoms with Crippen molar-refractivity contribution in [3.05, 3.63) is 114 Å². The summed E-state index contributed by atoms with van der Waals surface area (Å²) in [7, 11) is 0. The Hall–Kier alpha value is -3.73. The van der Waals surface area contributed by atoms with Crippen molar-refractivity contribution in [3.8, 4) is 0 Å². The molecular weight excluding hydrogens is 431 g/mol. The van der Waals surface area contributed by atoms with Crippen LogP contribution in [0, 0.1) is 17.7 Å². The summed E-state index contributed by atoms with van der Waals surface area (Å²) in [5.41, 5.74) is 2.70. The molecule has 0 saturated heterocycles. The minimum atomic E-state index is -1.18. The molecule has 174 valence electrons. The number of hydrogen-bond acceptors (Lipinski definition) is 4. The number of esters is 2. The van der Waals surface area contributed by atoms with Gasteiger partial charge in [-0.15, -0.1) is 0 Å². The number of halogens is 1. The summed E-state index contributed by atoms with van der Waals surface area (Å²) in [6.45, 7) is 0.0984. The molecule has 0 aliphatic heterocycles. The number of ether oxygens (including phenoxy) is 2. The lowest BCUT2D eigenvalue weighted by Crippen LogP contribution is -2.36. The van der Waals surface area contributed by atoms with Crippen molar-refractivity contribution in [3.63, 3.8) is 0 Å². The minimum Gasteiger partial charge on any atom is -0.460 e. The summed E-state index contributed by atoms with van der Waals surface area (Å²) in [5.74, 6) is -3.41. The van der Waals surface area contributed by atoms with E-state index in [2.05, 4.69) is 0 Å². The summed E-state index contributed by atoms with van der Waals surface area (Å²) < 4.78 is 25.8. The second kappa shape index (κ2) is 11.4. The summed E-state index contributed by atoms with van der Waals surface area (Å²) in [4.78, 5) is 26.6. The van der Waals surface area contributed by atoms with Crippen LogP contribution in [0.3, 0.4) is 0 Å². The van der Waals surface area contributed by atoms with Crippen molar-refractivity contribution in [2.75, 3.05) is 0 Å². The molecular formula is C29H27FO4. The van der Waals surface area contributed by atoms with Gasteiger partial charge in [-0.2, -0.15) is 0 Å². The molecule has 0 fully saturated rings. The van der Waals surface area contributed by atoms with Crippen molar-refractivity contribution >= 4 is 17.5 Å². The fourth-order valence-electron chi connectivity index (χ4n) is 4.32. The standard InChI is InChI=1S/C29H27FO4/c30-26-18-10-9-16-24(26)23-15-7-8-17-25(23)27(28(31)33-19-21-11-3-1-4-12-21)29(32)34-20-22-13-5-2-6-14-22/h1-6,9-16,18,25,27H,7-8,17,19-20H2. The number of hydrogen-bond donors (Lipinski definition) is 0. The van der Waals surface area contributed by atoms with Crippen molar-refractivity contribution in [1.29, 1.82) is 0 Å². The van der Waals surface area contributed by atoms with Crippen LogP contribution in [0.2, 0.25) is 0 Å². The van der Waals surface area contributed by atoms with Crippen LogP contribution in [0.4, 0.5) is 4.39 Å². The van der Waals surface area contributed by atoms with Gasteiger partial charge in [-0.25, -0.2) is 4.39 Å². The monoisotopic (exact) mass is 458 g/mol. The Morgan fingerprint density at radius 3 is 1.88 bits per heavy atom. The summed E-state index contributed by atoms with van der Waals surface area (Å²) in [5, 5.41) is 0. The Morgan fingerprint density at radius 2 is 1.32 bits per heavy atom. The SMILES string of the molecule is O=C(OCc1ccccc1)C(C(=O)OCc1ccccc1)C1CCCC=C1c1ccccc1F. The molecule has 1 aliphatic rings. The molecule has 0 bridgehead atoms. The zero-order valence-electron chi connectivity index (χ0n) is 18.9. The Labute approximate surface area is 199 Å². The first kappa shape index (κ1) is 23.4. The third kappa shape index (κ3) is 5.79. The van der Waals surface area contributed by atoms with Crippen LogP contribution in [0.15, 0.2) is 91.0 Å². The molecule has 0 spiro atoms. The van der Waals surface area contributed by atoms with Gasteiger partial charge >= 0.3 is 11.9 Å². The average molecular weight is 459 g/mol. The molecule has 0 amide bonds. The normalized spacial score (nSPS) is 15.5. The van der Waals surface area contributed by atoms with Crippen molar-refractivity contribution in [2.24, 2.45) is 11.8 Å². The fourth-order valence-corrected chi connectivity index (χ4v) is 4.32. The molecule has 0 aromatic heterocycles. The maximum Gasteiger partial charge on any atom is 0.321 e. The molecule has 3 aromatic carbocycles. The Morgan fingerprint density at radius 1 is 0.794 bits per heavy atom. The quantitative estimate of drug-likeness (QED) is 0.302. The van der Waals surface area contributed by atoms with Gasteiger partial charge in [0.15, 0.2) is 5.92 Å². The third-order valence-corrected chi connectivity index (χ3v) is 6.03. The first-order valence-corrected chi connectivity index (χ1v) is 11.5. The van der Waals surface area contributed by atoms with Gasteiger partial charge in [0.2, 0.25) is 0 Å². The molecule has 5 heteroatoms. The fraction of sp³-hybridized carbons (Fsp3) is 0.241. The van der Waals surface area contributed by atoms with Gasteiger partial charge in [-0.3, -0.25) is 9.59 Å². The average Bonchev–Trinajstić information content (AvgIpc) is 2.88. The van der Waals surface area contributed by atoms with Crippen LogP contribution in [-0.2, 0) is 32.3 Å². The largest absolute Gasteiger partial charge is 0.460 e. The molecule has 1 atom stereocenters. The second-order valence-electron chi connectivity index (χ2n) is 8.34. The lowest BCUT2D eigenvalue weighted by Gasteiger charge is -2.30. The van der Waals surface area contributed by atoms with Crippen LogP contribution >= 0.6 is 0 Å². The van der Waals surface area contributed by atoms with E-state index in [9.17, 15) is 14.0 Å². The zero-order chi connectivity index (χ0) is 23.8. The molecule has 1 aliphatic carbocycles. The lowest BCUT2D eigenvalue weighted by molar-refractivity contribution is -0.165. The molecule has 1 unspecified atom stereocenters. The number of carbonyl (C=O) groups excluding carboxylic acids is 2. The molecule has 0 saturated carbocycles. The molecule has 0 heterocycles. The smallest absolute Gasteiger partial charge is 0.321 e. The molecule has 0 N–H and O–H groups in total. The highest BCUT2D eigenvalue weighted by atomic mass is 19.1. The first-order valence-electron chi connectivity index (χ1n) is 11.5. The van der Waals surface area contributed by atoms with Gasteiger partial charge in [-0.05, 0) is 42.0 Å². The van der Waals surface area contributed by atoms with E-state index in [4.69, 9.17) is 9.47 Å². The van der Waals surface area contributed by atoms with Crippen molar-refractivity contribution in [1.82, 2.24) is 0 Å². The molecule has 4 rings (SSSR count). The van der Waals surface area contributed by atoms with E-state index >= 15 is 0 Å². The van der Waals surface area contributed by atoms with Gasteiger partial charge in [-0.1, -0.05) is 84.9 Å². The van der Waals surface area contributed by atoms with Crippen LogP contribution in [0.25, 0.3) is 5.57 Å². The van der Waals surface area contributed by atoms with Crippen LogP contribution < -0.4 is 0 Å². The topological polar surface area (TPSA) is 52.6 Å². The van der Waals surface area contributed by atoms with Crippen molar-refractivity contribution in [2.45, 2.75) is 32.5 Å². The predicted octanol–water partition coefficient (Wildman–Crippen LogP) is 6.11. The minimum absolute atomic E-state index is 0.0492. The van der Waals surface area contributed by atoms with Crippen LogP contribution in [0.5, 0.6) is 0 Å². The van der Waals surface area contributed by atoms with Gasteiger partial charge in [0.25, 0.3) is 0 Å². The lowest BCUT2D eigenvalue weighted by atomic mass is 9.75. The molecule has 3 aromatic rings. The zero-order valence-corrected chi connectivity index (χ0v) is 18.9. The molecule has 4 nitrogen and oxygen atoms in total. The van der Waals surface area contributed by atoms with E-state index < -0.39 is 23.8 Å². The summed E-state index contributed by atoms with van der Waals surface area (Å²) >= 11 is 0. The molecule has 34 heavy (non-hydrogen) atoms. The maximum absolute atomic E-state index is 14.7. The number of carbonyl (C=O) groups is 2. The summed E-state index contributed by atoms with van der Waals surface area (Å²) in [6, 6.07) is 25.0. The van der Waals surface area contributed by atoms with Crippen LogP contribution in [-0.4, -0.2) is 11.9 Å².